The topological polar surface area (TPSA) is 52.0 Å². The molecule has 0 aliphatic rings. The Morgan fingerprint density at radius 2 is 1.72 bits per heavy atom. The first kappa shape index (κ1) is 23.5. The minimum absolute atomic E-state index is 0.0364. The normalized spacial score (nSPS) is 12.7. The van der Waals surface area contributed by atoms with Crippen LogP contribution in [0.2, 0.25) is 0 Å². The molecule has 3 aromatic rings. The Morgan fingerprint density at radius 1 is 1.09 bits per heavy atom. The molecule has 0 aliphatic carbocycles. The van der Waals surface area contributed by atoms with Crippen LogP contribution in [0.5, 0.6) is 0 Å². The summed E-state index contributed by atoms with van der Waals surface area (Å²) in [4.78, 5) is 0.0840. The Hall–Kier alpha value is -3.13. The van der Waals surface area contributed by atoms with E-state index < -0.39 is 21.7 Å². The van der Waals surface area contributed by atoms with Crippen LogP contribution < -0.4 is 0 Å². The molecule has 0 amide bonds. The van der Waals surface area contributed by atoms with E-state index >= 15 is 0 Å². The lowest BCUT2D eigenvalue weighted by Gasteiger charge is -2.13. The molecular formula is C24H23F3N2O2S. The van der Waals surface area contributed by atoms with Crippen molar-refractivity contribution in [3.63, 3.8) is 0 Å². The molecule has 2 aromatic carbocycles. The number of sulfone groups is 1. The van der Waals surface area contributed by atoms with Crippen LogP contribution in [0.25, 0.3) is 16.8 Å². The molecule has 4 nitrogen and oxygen atoms in total. The summed E-state index contributed by atoms with van der Waals surface area (Å²) in [7, 11) is -3.43. The number of allylic oxidation sites excluding steroid dienone is 3. The molecule has 0 unspecified atom stereocenters. The van der Waals surface area contributed by atoms with Gasteiger partial charge in [0.15, 0.2) is 15.5 Å². The number of hydrogen-bond donors (Lipinski definition) is 0. The largest absolute Gasteiger partial charge is 0.433 e. The number of benzene rings is 2. The van der Waals surface area contributed by atoms with Gasteiger partial charge >= 0.3 is 6.18 Å². The Balaban J connectivity index is 2.18. The number of aryl methyl sites for hydroxylation is 2. The number of rotatable bonds is 7. The Labute approximate surface area is 185 Å². The van der Waals surface area contributed by atoms with Gasteiger partial charge in [0.2, 0.25) is 0 Å². The molecule has 0 fully saturated rings. The van der Waals surface area contributed by atoms with Gasteiger partial charge in [-0.25, -0.2) is 8.42 Å². The van der Waals surface area contributed by atoms with Gasteiger partial charge in [-0.3, -0.25) is 4.68 Å². The third-order valence-corrected chi connectivity index (χ3v) is 6.12. The van der Waals surface area contributed by atoms with E-state index in [0.29, 0.717) is 17.6 Å². The summed E-state index contributed by atoms with van der Waals surface area (Å²) >= 11 is 0. The van der Waals surface area contributed by atoms with Gasteiger partial charge < -0.3 is 0 Å². The van der Waals surface area contributed by atoms with Crippen LogP contribution >= 0.6 is 0 Å². The SMILES string of the molecule is C=C/C=C(\C)c1c(-c2ccc(S(C)(=O)=O)cc2)nn(CCc2ccccc2)c1C(F)(F)F. The zero-order valence-corrected chi connectivity index (χ0v) is 18.5. The molecule has 0 saturated heterocycles. The van der Waals surface area contributed by atoms with Crippen molar-refractivity contribution in [2.45, 2.75) is 31.0 Å². The first-order valence-electron chi connectivity index (χ1n) is 9.84. The first-order valence-corrected chi connectivity index (χ1v) is 11.7. The van der Waals surface area contributed by atoms with Crippen LogP contribution in [0.15, 0.2) is 78.2 Å². The molecule has 0 bridgehead atoms. The van der Waals surface area contributed by atoms with Gasteiger partial charge in [0.25, 0.3) is 0 Å². The monoisotopic (exact) mass is 460 g/mol. The summed E-state index contributed by atoms with van der Waals surface area (Å²) in [5.41, 5.74) is 0.911. The molecule has 8 heteroatoms. The molecule has 0 aliphatic heterocycles. The van der Waals surface area contributed by atoms with E-state index in [4.69, 9.17) is 0 Å². The maximum atomic E-state index is 14.2. The Bertz CT molecular complexity index is 1240. The van der Waals surface area contributed by atoms with Gasteiger partial charge in [0, 0.05) is 23.9 Å². The standard InChI is InChI=1S/C24H23F3N2O2S/c1-4-8-17(2)21-22(19-11-13-20(14-12-19)32(3,30)31)28-29(23(21)24(25,26)27)16-15-18-9-6-5-7-10-18/h4-14H,1,15-16H2,2-3H3/b17-8+. The summed E-state index contributed by atoms with van der Waals surface area (Å²) in [5.74, 6) is 0. The molecule has 0 spiro atoms. The van der Waals surface area contributed by atoms with Gasteiger partial charge in [-0.2, -0.15) is 18.3 Å². The summed E-state index contributed by atoms with van der Waals surface area (Å²) in [6.45, 7) is 5.20. The molecular weight excluding hydrogens is 437 g/mol. The van der Waals surface area contributed by atoms with E-state index in [0.717, 1.165) is 16.5 Å². The van der Waals surface area contributed by atoms with Crippen LogP contribution in [-0.2, 0) is 29.0 Å². The zero-order valence-electron chi connectivity index (χ0n) is 17.7. The van der Waals surface area contributed by atoms with Crippen LogP contribution in [0.4, 0.5) is 13.2 Å². The fourth-order valence-electron chi connectivity index (χ4n) is 3.49. The van der Waals surface area contributed by atoms with Crippen molar-refractivity contribution in [3.05, 3.63) is 90.1 Å². The minimum Gasteiger partial charge on any atom is -0.259 e. The molecule has 32 heavy (non-hydrogen) atoms. The highest BCUT2D eigenvalue weighted by Gasteiger charge is 2.40. The van der Waals surface area contributed by atoms with Crippen molar-refractivity contribution in [2.75, 3.05) is 6.26 Å². The molecule has 3 rings (SSSR count). The summed E-state index contributed by atoms with van der Waals surface area (Å²) in [6.07, 6.45) is -0.262. The Morgan fingerprint density at radius 3 is 2.25 bits per heavy atom. The van der Waals surface area contributed by atoms with E-state index in [1.807, 2.05) is 30.3 Å². The van der Waals surface area contributed by atoms with Crippen LogP contribution in [0.1, 0.15) is 23.7 Å². The van der Waals surface area contributed by atoms with Crippen LogP contribution in [0.3, 0.4) is 0 Å². The third-order valence-electron chi connectivity index (χ3n) is 4.99. The second kappa shape index (κ2) is 9.16. The maximum Gasteiger partial charge on any atom is 0.433 e. The van der Waals surface area contributed by atoms with Crippen LogP contribution in [-0.4, -0.2) is 24.5 Å². The number of hydrogen-bond acceptors (Lipinski definition) is 3. The van der Waals surface area contributed by atoms with E-state index in [2.05, 4.69) is 11.7 Å². The smallest absolute Gasteiger partial charge is 0.259 e. The lowest BCUT2D eigenvalue weighted by Crippen LogP contribution is -2.17. The van der Waals surface area contributed by atoms with E-state index in [-0.39, 0.29) is 22.7 Å². The van der Waals surface area contributed by atoms with E-state index in [1.54, 1.807) is 6.92 Å². The number of alkyl halides is 3. The van der Waals surface area contributed by atoms with Gasteiger partial charge in [0.05, 0.1) is 4.90 Å². The second-order valence-electron chi connectivity index (χ2n) is 7.41. The Kier molecular flexibility index (Phi) is 6.74. The van der Waals surface area contributed by atoms with Crippen molar-refractivity contribution >= 4 is 15.4 Å². The minimum atomic E-state index is -4.64. The molecule has 1 aromatic heterocycles. The number of nitrogens with zero attached hydrogens (tertiary/aromatic N) is 2. The average Bonchev–Trinajstić information content (AvgIpc) is 3.13. The summed E-state index contributed by atoms with van der Waals surface area (Å²) < 4.78 is 67.1. The van der Waals surface area contributed by atoms with Gasteiger partial charge in [0.1, 0.15) is 5.69 Å². The van der Waals surface area contributed by atoms with Crippen molar-refractivity contribution < 1.29 is 21.6 Å². The molecule has 0 N–H and O–H groups in total. The second-order valence-corrected chi connectivity index (χ2v) is 9.43. The fraction of sp³-hybridized carbons (Fsp3) is 0.208. The number of halogens is 3. The number of aromatic nitrogens is 2. The summed E-state index contributed by atoms with van der Waals surface area (Å²) in [6, 6.07) is 14.9. The lowest BCUT2D eigenvalue weighted by molar-refractivity contribution is -0.144. The van der Waals surface area contributed by atoms with E-state index in [1.165, 1.54) is 36.4 Å². The molecule has 1 heterocycles. The maximum absolute atomic E-state index is 14.2. The molecule has 0 radical (unpaired) electrons. The third kappa shape index (κ3) is 5.19. The highest BCUT2D eigenvalue weighted by atomic mass is 32.2. The van der Waals surface area contributed by atoms with Crippen LogP contribution in [0, 0.1) is 0 Å². The van der Waals surface area contributed by atoms with Gasteiger partial charge in [-0.05, 0) is 36.6 Å². The quantitative estimate of drug-likeness (QED) is 0.419. The summed E-state index contributed by atoms with van der Waals surface area (Å²) in [5, 5.41) is 4.33. The van der Waals surface area contributed by atoms with Crippen molar-refractivity contribution in [3.8, 4) is 11.3 Å². The van der Waals surface area contributed by atoms with Crippen molar-refractivity contribution in [1.82, 2.24) is 9.78 Å². The highest BCUT2D eigenvalue weighted by molar-refractivity contribution is 7.90. The van der Waals surface area contributed by atoms with Gasteiger partial charge in [-0.1, -0.05) is 61.2 Å². The van der Waals surface area contributed by atoms with E-state index in [9.17, 15) is 21.6 Å². The molecule has 0 atom stereocenters. The zero-order chi connectivity index (χ0) is 23.5. The highest BCUT2D eigenvalue weighted by Crippen LogP contribution is 2.40. The van der Waals surface area contributed by atoms with Crippen molar-refractivity contribution in [2.24, 2.45) is 0 Å². The van der Waals surface area contributed by atoms with Gasteiger partial charge in [-0.15, -0.1) is 0 Å². The molecule has 168 valence electrons. The lowest BCUT2D eigenvalue weighted by atomic mass is 9.99. The average molecular weight is 461 g/mol. The predicted molar refractivity (Wildman–Crippen MR) is 120 cm³/mol. The predicted octanol–water partition coefficient (Wildman–Crippen LogP) is 5.80. The van der Waals surface area contributed by atoms with Crippen molar-refractivity contribution in [1.29, 1.82) is 0 Å². The first-order chi connectivity index (χ1) is 15.0. The fourth-order valence-corrected chi connectivity index (χ4v) is 4.12. The molecule has 0 saturated carbocycles.